The van der Waals surface area contributed by atoms with Crippen LogP contribution in [-0.4, -0.2) is 23.1 Å². The van der Waals surface area contributed by atoms with E-state index in [0.717, 1.165) is 0 Å². The highest BCUT2D eigenvalue weighted by atomic mass is 32.2. The van der Waals surface area contributed by atoms with Crippen molar-refractivity contribution in [2.24, 2.45) is 0 Å². The number of halogens is 1. The molecule has 0 atom stereocenters. The second-order valence-electron chi connectivity index (χ2n) is 5.60. The van der Waals surface area contributed by atoms with E-state index in [2.05, 4.69) is 14.9 Å². The molecule has 26 heavy (non-hydrogen) atoms. The van der Waals surface area contributed by atoms with Crippen LogP contribution in [0.15, 0.2) is 70.5 Å². The summed E-state index contributed by atoms with van der Waals surface area (Å²) < 4.78 is 47.8. The molecule has 0 aliphatic rings. The van der Waals surface area contributed by atoms with Crippen molar-refractivity contribution in [3.05, 3.63) is 72.8 Å². The summed E-state index contributed by atoms with van der Waals surface area (Å²) in [6.45, 7) is 0.212. The van der Waals surface area contributed by atoms with Crippen LogP contribution < -0.4 is 4.72 Å². The van der Waals surface area contributed by atoms with E-state index < -0.39 is 15.8 Å². The largest absolute Gasteiger partial charge is 0.343 e. The molecule has 0 saturated carbocycles. The van der Waals surface area contributed by atoms with Crippen LogP contribution in [0.5, 0.6) is 0 Å². The number of sulfonamides is 1. The van der Waals surface area contributed by atoms with Gasteiger partial charge >= 0.3 is 0 Å². The predicted molar refractivity (Wildman–Crippen MR) is 92.5 cm³/mol. The number of nitrogens with one attached hydrogen (secondary N) is 1. The summed E-state index contributed by atoms with van der Waals surface area (Å²) in [6, 6.07) is 12.2. The monoisotopic (exact) mass is 372 g/mol. The quantitative estimate of drug-likeness (QED) is 0.582. The average molecular weight is 372 g/mol. The Labute approximate surface area is 148 Å². The Kier molecular flexibility index (Phi) is 3.92. The molecule has 0 amide bonds. The Morgan fingerprint density at radius 2 is 1.96 bits per heavy atom. The zero-order chi connectivity index (χ0) is 18.1. The third-order valence-corrected chi connectivity index (χ3v) is 5.24. The van der Waals surface area contributed by atoms with E-state index >= 15 is 0 Å². The number of aromatic nitrogens is 3. The van der Waals surface area contributed by atoms with E-state index in [0.29, 0.717) is 22.4 Å². The molecule has 0 aliphatic heterocycles. The molecular formula is C17H13FN4O3S. The Bertz CT molecular complexity index is 1160. The lowest BCUT2D eigenvalue weighted by Crippen LogP contribution is -2.12. The minimum absolute atomic E-state index is 0.140. The summed E-state index contributed by atoms with van der Waals surface area (Å²) in [5, 5.41) is 4.30. The highest BCUT2D eigenvalue weighted by molar-refractivity contribution is 7.92. The fraction of sp³-hybridized carbons (Fsp3) is 0.0588. The van der Waals surface area contributed by atoms with Gasteiger partial charge in [-0.1, -0.05) is 23.4 Å². The summed E-state index contributed by atoms with van der Waals surface area (Å²) in [5.41, 5.74) is 0.855. The number of benzene rings is 2. The van der Waals surface area contributed by atoms with Gasteiger partial charge in [0.05, 0.1) is 22.6 Å². The fourth-order valence-corrected chi connectivity index (χ4v) is 3.78. The van der Waals surface area contributed by atoms with E-state index in [1.165, 1.54) is 36.7 Å². The van der Waals surface area contributed by atoms with Gasteiger partial charge in [0, 0.05) is 11.6 Å². The Hall–Kier alpha value is -3.20. The predicted octanol–water partition coefficient (Wildman–Crippen LogP) is 3.01. The average Bonchev–Trinajstić information content (AvgIpc) is 3.24. The maximum Gasteiger partial charge on any atom is 0.261 e. The number of rotatable bonds is 5. The molecule has 0 saturated heterocycles. The van der Waals surface area contributed by atoms with Crippen molar-refractivity contribution in [2.45, 2.75) is 11.4 Å². The Morgan fingerprint density at radius 1 is 1.15 bits per heavy atom. The maximum absolute atomic E-state index is 13.7. The first-order chi connectivity index (χ1) is 12.5. The highest BCUT2D eigenvalue weighted by Gasteiger charge is 2.18. The molecule has 1 N–H and O–H groups in total. The van der Waals surface area contributed by atoms with Crippen LogP contribution in [0.25, 0.3) is 10.9 Å². The zero-order valence-electron chi connectivity index (χ0n) is 13.3. The van der Waals surface area contributed by atoms with E-state index in [-0.39, 0.29) is 11.4 Å². The lowest BCUT2D eigenvalue weighted by Gasteiger charge is -2.06. The molecule has 0 bridgehead atoms. The second-order valence-corrected chi connectivity index (χ2v) is 7.28. The van der Waals surface area contributed by atoms with E-state index in [1.807, 2.05) is 0 Å². The first-order valence-electron chi connectivity index (χ1n) is 7.64. The van der Waals surface area contributed by atoms with Crippen molar-refractivity contribution in [1.82, 2.24) is 14.7 Å². The molecule has 4 rings (SSSR count). The smallest absolute Gasteiger partial charge is 0.261 e. The lowest BCUT2D eigenvalue weighted by molar-refractivity contribution is 0.408. The Morgan fingerprint density at radius 3 is 2.69 bits per heavy atom. The molecule has 0 spiro atoms. The van der Waals surface area contributed by atoms with E-state index in [9.17, 15) is 12.8 Å². The van der Waals surface area contributed by atoms with Crippen LogP contribution in [0.4, 0.5) is 10.1 Å². The molecule has 132 valence electrons. The van der Waals surface area contributed by atoms with Gasteiger partial charge in [0.1, 0.15) is 5.82 Å². The minimum atomic E-state index is -3.77. The van der Waals surface area contributed by atoms with Gasteiger partial charge in [-0.3, -0.25) is 4.72 Å². The van der Waals surface area contributed by atoms with Gasteiger partial charge in [0.25, 0.3) is 10.0 Å². The third kappa shape index (κ3) is 3.04. The summed E-state index contributed by atoms with van der Waals surface area (Å²) in [6.07, 6.45) is 2.78. The maximum atomic E-state index is 13.7. The van der Waals surface area contributed by atoms with Crippen LogP contribution in [-0.2, 0) is 16.6 Å². The van der Waals surface area contributed by atoms with E-state index in [1.54, 1.807) is 29.0 Å². The third-order valence-electron chi connectivity index (χ3n) is 3.86. The second kappa shape index (κ2) is 6.26. The van der Waals surface area contributed by atoms with Crippen molar-refractivity contribution in [3.63, 3.8) is 0 Å². The first-order valence-corrected chi connectivity index (χ1v) is 9.13. The van der Waals surface area contributed by atoms with Crippen molar-refractivity contribution in [3.8, 4) is 0 Å². The Balaban J connectivity index is 1.78. The standard InChI is InChI=1S/C17H13FN4O3S/c18-12-6-7-14-15(21-26(23,24)13-4-2-1-3-5-13)9-22(16(14)8-12)10-17-19-11-25-20-17/h1-9,11,21H,10H2. The van der Waals surface area contributed by atoms with Gasteiger partial charge in [-0.15, -0.1) is 0 Å². The normalized spacial score (nSPS) is 11.7. The lowest BCUT2D eigenvalue weighted by atomic mass is 10.2. The van der Waals surface area contributed by atoms with Crippen LogP contribution in [0, 0.1) is 5.82 Å². The van der Waals surface area contributed by atoms with Crippen molar-refractivity contribution in [1.29, 1.82) is 0 Å². The topological polar surface area (TPSA) is 90.0 Å². The molecular weight excluding hydrogens is 359 g/mol. The number of anilines is 1. The summed E-state index contributed by atoms with van der Waals surface area (Å²) >= 11 is 0. The van der Waals surface area contributed by atoms with Crippen molar-refractivity contribution < 1.29 is 17.3 Å². The van der Waals surface area contributed by atoms with Crippen molar-refractivity contribution in [2.75, 3.05) is 4.72 Å². The molecule has 2 aromatic heterocycles. The van der Waals surface area contributed by atoms with Crippen LogP contribution in [0.1, 0.15) is 5.82 Å². The van der Waals surface area contributed by atoms with E-state index in [4.69, 9.17) is 4.52 Å². The minimum Gasteiger partial charge on any atom is -0.343 e. The first kappa shape index (κ1) is 16.3. The molecule has 0 radical (unpaired) electrons. The summed E-state index contributed by atoms with van der Waals surface area (Å²) in [4.78, 5) is 4.08. The van der Waals surface area contributed by atoms with Crippen LogP contribution in [0.2, 0.25) is 0 Å². The molecule has 0 unspecified atom stereocenters. The number of fused-ring (bicyclic) bond motifs is 1. The SMILES string of the molecule is O=S(=O)(Nc1cn(Cc2ncon2)c2cc(F)ccc12)c1ccccc1. The molecule has 4 aromatic rings. The number of nitrogens with zero attached hydrogens (tertiary/aromatic N) is 3. The number of hydrogen-bond donors (Lipinski definition) is 1. The van der Waals surface area contributed by atoms with Gasteiger partial charge in [-0.2, -0.15) is 4.98 Å². The van der Waals surface area contributed by atoms with Gasteiger partial charge in [0.2, 0.25) is 6.39 Å². The molecule has 0 aliphatic carbocycles. The molecule has 7 nitrogen and oxygen atoms in total. The van der Waals surface area contributed by atoms with Gasteiger partial charge in [-0.25, -0.2) is 12.8 Å². The fourth-order valence-electron chi connectivity index (χ4n) is 2.70. The highest BCUT2D eigenvalue weighted by Crippen LogP contribution is 2.29. The van der Waals surface area contributed by atoms with Gasteiger partial charge < -0.3 is 9.09 Å². The summed E-state index contributed by atoms with van der Waals surface area (Å²) in [7, 11) is -3.77. The summed E-state index contributed by atoms with van der Waals surface area (Å²) in [5.74, 6) is -0.0361. The molecule has 2 heterocycles. The molecule has 9 heteroatoms. The van der Waals surface area contributed by atoms with Crippen LogP contribution >= 0.6 is 0 Å². The number of hydrogen-bond acceptors (Lipinski definition) is 5. The van der Waals surface area contributed by atoms with Gasteiger partial charge in [0.15, 0.2) is 5.82 Å². The molecule has 0 fully saturated rings. The zero-order valence-corrected chi connectivity index (χ0v) is 14.1. The van der Waals surface area contributed by atoms with Crippen LogP contribution in [0.3, 0.4) is 0 Å². The van der Waals surface area contributed by atoms with Gasteiger partial charge in [-0.05, 0) is 30.3 Å². The van der Waals surface area contributed by atoms with Crippen molar-refractivity contribution >= 4 is 26.6 Å². The molecule has 2 aromatic carbocycles.